The minimum Gasteiger partial charge on any atom is -0.309 e. The maximum Gasteiger partial charge on any atom is 0.271 e. The number of allylic oxidation sites excluding steroid dienone is 1. The minimum atomic E-state index is -0.205. The lowest BCUT2D eigenvalue weighted by molar-refractivity contribution is 0.0954. The average Bonchev–Trinajstić information content (AvgIpc) is 2.62. The molecule has 130 valence electrons. The molecule has 0 heterocycles. The number of hydrogen-bond acceptors (Lipinski definition) is 3. The van der Waals surface area contributed by atoms with Gasteiger partial charge in [0, 0.05) is 18.0 Å². The summed E-state index contributed by atoms with van der Waals surface area (Å²) >= 11 is 0. The number of benzene rings is 2. The lowest BCUT2D eigenvalue weighted by atomic mass is 10.0. The van der Waals surface area contributed by atoms with E-state index in [-0.39, 0.29) is 11.8 Å². The van der Waals surface area contributed by atoms with E-state index in [4.69, 9.17) is 0 Å². The summed E-state index contributed by atoms with van der Waals surface area (Å²) in [6.45, 7) is 2.95. The van der Waals surface area contributed by atoms with E-state index in [1.165, 1.54) is 0 Å². The van der Waals surface area contributed by atoms with Crippen molar-refractivity contribution in [1.82, 2.24) is 10.3 Å². The number of carbonyl (C=O) groups excluding carboxylic acids is 1. The highest BCUT2D eigenvalue weighted by Gasteiger charge is 2.11. The van der Waals surface area contributed by atoms with E-state index in [0.717, 1.165) is 17.8 Å². The average molecular weight is 335 g/mol. The zero-order valence-corrected chi connectivity index (χ0v) is 15.0. The van der Waals surface area contributed by atoms with Gasteiger partial charge in [-0.3, -0.25) is 4.79 Å². The molecule has 25 heavy (non-hydrogen) atoms. The SMILES string of the molecule is C[C@@H](CN(C)C)C(/C=C/c1ccccc1)=N\NC(=O)c1ccccc1. The molecule has 1 N–H and O–H groups in total. The molecular weight excluding hydrogens is 310 g/mol. The lowest BCUT2D eigenvalue weighted by Gasteiger charge is -2.17. The molecule has 0 aliphatic carbocycles. The van der Waals surface area contributed by atoms with E-state index >= 15 is 0 Å². The van der Waals surface area contributed by atoms with E-state index in [0.29, 0.717) is 5.56 Å². The molecule has 2 aromatic carbocycles. The van der Waals surface area contributed by atoms with Crippen LogP contribution in [-0.4, -0.2) is 37.2 Å². The van der Waals surface area contributed by atoms with Gasteiger partial charge in [0.1, 0.15) is 0 Å². The molecule has 1 amide bonds. The van der Waals surface area contributed by atoms with Crippen LogP contribution in [0.15, 0.2) is 71.8 Å². The van der Waals surface area contributed by atoms with Gasteiger partial charge in [-0.1, -0.05) is 61.5 Å². The van der Waals surface area contributed by atoms with Crippen molar-refractivity contribution in [1.29, 1.82) is 0 Å². The molecule has 0 fully saturated rings. The number of rotatable bonds is 7. The summed E-state index contributed by atoms with van der Waals surface area (Å²) in [6, 6.07) is 19.1. The second kappa shape index (κ2) is 9.55. The molecule has 1 atom stereocenters. The van der Waals surface area contributed by atoms with Crippen molar-refractivity contribution >= 4 is 17.7 Å². The van der Waals surface area contributed by atoms with Crippen LogP contribution in [0.5, 0.6) is 0 Å². The molecule has 0 aliphatic heterocycles. The molecule has 0 aromatic heterocycles. The van der Waals surface area contributed by atoms with Crippen molar-refractivity contribution in [2.45, 2.75) is 6.92 Å². The maximum atomic E-state index is 12.2. The highest BCUT2D eigenvalue weighted by molar-refractivity contribution is 6.01. The Bertz CT molecular complexity index is 721. The first-order chi connectivity index (χ1) is 12.1. The largest absolute Gasteiger partial charge is 0.309 e. The van der Waals surface area contributed by atoms with Crippen molar-refractivity contribution in [2.24, 2.45) is 11.0 Å². The second-order valence-corrected chi connectivity index (χ2v) is 6.25. The first kappa shape index (κ1) is 18.6. The highest BCUT2D eigenvalue weighted by Crippen LogP contribution is 2.07. The summed E-state index contributed by atoms with van der Waals surface area (Å²) in [5.41, 5.74) is 5.20. The standard InChI is InChI=1S/C21H25N3O/c1-17(16-24(2)3)20(15-14-18-10-6-4-7-11-18)22-23-21(25)19-12-8-5-9-13-19/h4-15,17H,16H2,1-3H3,(H,23,25)/b15-14+,22-20-/t17-/m0/s1. The maximum absolute atomic E-state index is 12.2. The molecule has 4 nitrogen and oxygen atoms in total. The van der Waals surface area contributed by atoms with Crippen LogP contribution in [0, 0.1) is 5.92 Å². The Kier molecular flexibility index (Phi) is 7.11. The Morgan fingerprint density at radius 3 is 2.28 bits per heavy atom. The van der Waals surface area contributed by atoms with Crippen LogP contribution < -0.4 is 5.43 Å². The van der Waals surface area contributed by atoms with Crippen LogP contribution in [-0.2, 0) is 0 Å². The van der Waals surface area contributed by atoms with Crippen LogP contribution in [0.2, 0.25) is 0 Å². The van der Waals surface area contributed by atoms with Gasteiger partial charge in [-0.25, -0.2) is 5.43 Å². The Labute approximate surface area is 149 Å². The zero-order chi connectivity index (χ0) is 18.1. The minimum absolute atomic E-state index is 0.186. The lowest BCUT2D eigenvalue weighted by Crippen LogP contribution is -2.27. The summed E-state index contributed by atoms with van der Waals surface area (Å²) in [4.78, 5) is 14.3. The van der Waals surface area contributed by atoms with Crippen molar-refractivity contribution in [3.05, 3.63) is 77.9 Å². The van der Waals surface area contributed by atoms with Crippen molar-refractivity contribution in [2.75, 3.05) is 20.6 Å². The summed E-state index contributed by atoms with van der Waals surface area (Å²) in [5, 5.41) is 4.37. The van der Waals surface area contributed by atoms with Gasteiger partial charge >= 0.3 is 0 Å². The highest BCUT2D eigenvalue weighted by atomic mass is 16.2. The zero-order valence-electron chi connectivity index (χ0n) is 15.0. The van der Waals surface area contributed by atoms with Gasteiger partial charge in [0.25, 0.3) is 5.91 Å². The normalized spacial score (nSPS) is 13.2. The fraction of sp³-hybridized carbons (Fsp3) is 0.238. The second-order valence-electron chi connectivity index (χ2n) is 6.25. The van der Waals surface area contributed by atoms with Gasteiger partial charge in [-0.05, 0) is 37.9 Å². The van der Waals surface area contributed by atoms with Crippen molar-refractivity contribution in [3.8, 4) is 0 Å². The fourth-order valence-electron chi connectivity index (χ4n) is 2.47. The van der Waals surface area contributed by atoms with Crippen LogP contribution in [0.25, 0.3) is 6.08 Å². The molecule has 0 spiro atoms. The Hall–Kier alpha value is -2.72. The van der Waals surface area contributed by atoms with E-state index in [1.54, 1.807) is 12.1 Å². The van der Waals surface area contributed by atoms with Gasteiger partial charge in [0.2, 0.25) is 0 Å². The first-order valence-electron chi connectivity index (χ1n) is 8.37. The van der Waals surface area contributed by atoms with E-state index in [1.807, 2.05) is 74.8 Å². The van der Waals surface area contributed by atoms with Gasteiger partial charge in [0.15, 0.2) is 0 Å². The molecule has 0 saturated heterocycles. The quantitative estimate of drug-likeness (QED) is 0.619. The molecule has 0 aliphatic rings. The predicted octanol–water partition coefficient (Wildman–Crippen LogP) is 3.68. The van der Waals surface area contributed by atoms with Crippen LogP contribution in [0.4, 0.5) is 0 Å². The van der Waals surface area contributed by atoms with E-state index < -0.39 is 0 Å². The number of nitrogens with zero attached hydrogens (tertiary/aromatic N) is 2. The summed E-state index contributed by atoms with van der Waals surface area (Å²) in [5.74, 6) is -0.0192. The number of nitrogens with one attached hydrogen (secondary N) is 1. The van der Waals surface area contributed by atoms with Gasteiger partial charge in [0.05, 0.1) is 5.71 Å². The molecule has 4 heteroatoms. The Morgan fingerprint density at radius 1 is 1.08 bits per heavy atom. The van der Waals surface area contributed by atoms with Crippen molar-refractivity contribution < 1.29 is 4.79 Å². The smallest absolute Gasteiger partial charge is 0.271 e. The predicted molar refractivity (Wildman–Crippen MR) is 105 cm³/mol. The van der Waals surface area contributed by atoms with E-state index in [2.05, 4.69) is 22.4 Å². The number of carbonyl (C=O) groups is 1. The van der Waals surface area contributed by atoms with Crippen LogP contribution >= 0.6 is 0 Å². The summed E-state index contributed by atoms with van der Waals surface area (Å²) in [7, 11) is 4.05. The molecule has 0 saturated carbocycles. The third-order valence-electron chi connectivity index (χ3n) is 3.71. The third-order valence-corrected chi connectivity index (χ3v) is 3.71. The molecular formula is C21H25N3O. The fourth-order valence-corrected chi connectivity index (χ4v) is 2.47. The first-order valence-corrected chi connectivity index (χ1v) is 8.37. The van der Waals surface area contributed by atoms with Crippen molar-refractivity contribution in [3.63, 3.8) is 0 Å². The van der Waals surface area contributed by atoms with Gasteiger partial charge in [-0.2, -0.15) is 5.10 Å². The van der Waals surface area contributed by atoms with Gasteiger partial charge < -0.3 is 4.90 Å². The molecule has 2 rings (SSSR count). The number of hydrogen-bond donors (Lipinski definition) is 1. The number of hydrazone groups is 1. The Morgan fingerprint density at radius 2 is 1.68 bits per heavy atom. The molecule has 0 bridgehead atoms. The summed E-state index contributed by atoms with van der Waals surface area (Å²) in [6.07, 6.45) is 3.98. The molecule has 2 aromatic rings. The molecule has 0 unspecified atom stereocenters. The topological polar surface area (TPSA) is 44.7 Å². The number of amides is 1. The van der Waals surface area contributed by atoms with Gasteiger partial charge in [-0.15, -0.1) is 0 Å². The molecule has 0 radical (unpaired) electrons. The monoisotopic (exact) mass is 335 g/mol. The Balaban J connectivity index is 2.15. The van der Waals surface area contributed by atoms with Crippen LogP contribution in [0.1, 0.15) is 22.8 Å². The summed E-state index contributed by atoms with van der Waals surface area (Å²) < 4.78 is 0. The third kappa shape index (κ3) is 6.36. The van der Waals surface area contributed by atoms with Crippen LogP contribution in [0.3, 0.4) is 0 Å². The van der Waals surface area contributed by atoms with E-state index in [9.17, 15) is 4.79 Å².